The predicted molar refractivity (Wildman–Crippen MR) is 70.6 cm³/mol. The highest BCUT2D eigenvalue weighted by Crippen LogP contribution is 2.22. The van der Waals surface area contributed by atoms with Gasteiger partial charge in [0.1, 0.15) is 12.4 Å². The van der Waals surface area contributed by atoms with Crippen molar-refractivity contribution in [1.82, 2.24) is 9.88 Å². The molecule has 1 aromatic rings. The number of hydrogen-bond acceptors (Lipinski definition) is 4. The van der Waals surface area contributed by atoms with Gasteiger partial charge in [0.15, 0.2) is 0 Å². The molecule has 1 N–H and O–H groups in total. The van der Waals surface area contributed by atoms with E-state index in [0.29, 0.717) is 18.6 Å². The summed E-state index contributed by atoms with van der Waals surface area (Å²) in [5.74, 6) is 1.04. The van der Waals surface area contributed by atoms with Crippen LogP contribution in [0, 0.1) is 5.92 Å². The van der Waals surface area contributed by atoms with E-state index in [9.17, 15) is 5.11 Å². The Balaban J connectivity index is 1.77. The van der Waals surface area contributed by atoms with E-state index < -0.39 is 6.10 Å². The Morgan fingerprint density at radius 3 is 3.00 bits per heavy atom. The maximum Gasteiger partial charge on any atom is 0.137 e. The van der Waals surface area contributed by atoms with Crippen molar-refractivity contribution in [2.45, 2.75) is 32.4 Å². The molecular formula is C14H22N2O2. The zero-order valence-electron chi connectivity index (χ0n) is 11.1. The first-order chi connectivity index (χ1) is 8.66. The third-order valence-electron chi connectivity index (χ3n) is 3.59. The summed E-state index contributed by atoms with van der Waals surface area (Å²) in [6.07, 6.45) is 4.03. The zero-order valence-corrected chi connectivity index (χ0v) is 11.1. The van der Waals surface area contributed by atoms with Gasteiger partial charge in [0.25, 0.3) is 0 Å². The van der Waals surface area contributed by atoms with Crippen LogP contribution < -0.4 is 4.74 Å². The highest BCUT2D eigenvalue weighted by atomic mass is 16.5. The first-order valence-electron chi connectivity index (χ1n) is 6.61. The monoisotopic (exact) mass is 250 g/mol. The Kier molecular flexibility index (Phi) is 4.55. The van der Waals surface area contributed by atoms with Crippen molar-refractivity contribution in [3.63, 3.8) is 0 Å². The van der Waals surface area contributed by atoms with Crippen LogP contribution in [0.2, 0.25) is 0 Å². The lowest BCUT2D eigenvalue weighted by molar-refractivity contribution is 0.0582. The molecule has 0 bridgehead atoms. The van der Waals surface area contributed by atoms with E-state index in [2.05, 4.69) is 23.7 Å². The van der Waals surface area contributed by atoms with Gasteiger partial charge in [0, 0.05) is 24.7 Å². The van der Waals surface area contributed by atoms with Crippen molar-refractivity contribution in [3.05, 3.63) is 24.5 Å². The van der Waals surface area contributed by atoms with Crippen LogP contribution in [0.4, 0.5) is 0 Å². The molecular weight excluding hydrogens is 228 g/mol. The lowest BCUT2D eigenvalue weighted by Crippen LogP contribution is -2.33. The molecule has 0 spiro atoms. The van der Waals surface area contributed by atoms with E-state index >= 15 is 0 Å². The number of hydrogen-bond donors (Lipinski definition) is 1. The van der Waals surface area contributed by atoms with Crippen molar-refractivity contribution in [3.8, 4) is 5.75 Å². The number of pyridine rings is 1. The smallest absolute Gasteiger partial charge is 0.137 e. The van der Waals surface area contributed by atoms with Crippen LogP contribution in [0.25, 0.3) is 0 Å². The van der Waals surface area contributed by atoms with Gasteiger partial charge in [0.2, 0.25) is 0 Å². The Labute approximate surface area is 109 Å². The third kappa shape index (κ3) is 3.43. The second kappa shape index (κ2) is 6.16. The molecule has 1 fully saturated rings. The van der Waals surface area contributed by atoms with Gasteiger partial charge in [0.05, 0.1) is 12.3 Å². The van der Waals surface area contributed by atoms with E-state index in [4.69, 9.17) is 4.74 Å². The third-order valence-corrected chi connectivity index (χ3v) is 3.59. The van der Waals surface area contributed by atoms with Crippen molar-refractivity contribution in [1.29, 1.82) is 0 Å². The van der Waals surface area contributed by atoms with E-state index in [1.807, 2.05) is 12.1 Å². The molecule has 0 aromatic carbocycles. The first-order valence-corrected chi connectivity index (χ1v) is 6.61. The Hall–Kier alpha value is -1.13. The SMILES string of the molecule is CC(C)N1CCC(C(O)COc2cccnc2)C1. The Morgan fingerprint density at radius 2 is 2.39 bits per heavy atom. The van der Waals surface area contributed by atoms with E-state index in [0.717, 1.165) is 25.3 Å². The molecule has 2 atom stereocenters. The van der Waals surface area contributed by atoms with E-state index in [1.54, 1.807) is 12.4 Å². The molecule has 18 heavy (non-hydrogen) atoms. The van der Waals surface area contributed by atoms with Crippen LogP contribution in [-0.4, -0.2) is 46.8 Å². The zero-order chi connectivity index (χ0) is 13.0. The maximum atomic E-state index is 10.1. The Bertz CT molecular complexity index is 356. The van der Waals surface area contributed by atoms with Crippen molar-refractivity contribution in [2.75, 3.05) is 19.7 Å². The first kappa shape index (κ1) is 13.3. The maximum absolute atomic E-state index is 10.1. The quantitative estimate of drug-likeness (QED) is 0.861. The molecule has 1 aliphatic rings. The van der Waals surface area contributed by atoms with Crippen LogP contribution in [-0.2, 0) is 0 Å². The summed E-state index contributed by atoms with van der Waals surface area (Å²) in [6.45, 7) is 6.78. The number of aromatic nitrogens is 1. The number of aliphatic hydroxyl groups is 1. The van der Waals surface area contributed by atoms with Gasteiger partial charge >= 0.3 is 0 Å². The molecule has 4 heteroatoms. The molecule has 0 aliphatic carbocycles. The molecule has 4 nitrogen and oxygen atoms in total. The summed E-state index contributed by atoms with van der Waals surface area (Å²) < 4.78 is 5.54. The molecule has 1 aromatic heterocycles. The molecule has 1 saturated heterocycles. The van der Waals surface area contributed by atoms with Crippen LogP contribution in [0.3, 0.4) is 0 Å². The van der Waals surface area contributed by atoms with Crippen LogP contribution in [0.15, 0.2) is 24.5 Å². The van der Waals surface area contributed by atoms with Gasteiger partial charge < -0.3 is 14.7 Å². The van der Waals surface area contributed by atoms with E-state index in [-0.39, 0.29) is 0 Å². The summed E-state index contributed by atoms with van der Waals surface area (Å²) in [7, 11) is 0. The van der Waals surface area contributed by atoms with E-state index in [1.165, 1.54) is 0 Å². The number of ether oxygens (including phenoxy) is 1. The second-order valence-electron chi connectivity index (χ2n) is 5.20. The lowest BCUT2D eigenvalue weighted by atomic mass is 10.0. The summed E-state index contributed by atoms with van der Waals surface area (Å²) in [6, 6.07) is 4.24. The number of nitrogens with zero attached hydrogens (tertiary/aromatic N) is 2. The number of rotatable bonds is 5. The fourth-order valence-corrected chi connectivity index (χ4v) is 2.35. The van der Waals surface area contributed by atoms with Crippen molar-refractivity contribution in [2.24, 2.45) is 5.92 Å². The summed E-state index contributed by atoms with van der Waals surface area (Å²) in [5.41, 5.74) is 0. The highest BCUT2D eigenvalue weighted by molar-refractivity contribution is 5.15. The summed E-state index contributed by atoms with van der Waals surface area (Å²) in [5, 5.41) is 10.1. The fraction of sp³-hybridized carbons (Fsp3) is 0.643. The van der Waals surface area contributed by atoms with Crippen LogP contribution in [0.5, 0.6) is 5.75 Å². The Morgan fingerprint density at radius 1 is 1.56 bits per heavy atom. The van der Waals surface area contributed by atoms with Gasteiger partial charge in [-0.2, -0.15) is 0 Å². The molecule has 2 rings (SSSR count). The molecule has 100 valence electrons. The van der Waals surface area contributed by atoms with Gasteiger partial charge in [-0.15, -0.1) is 0 Å². The largest absolute Gasteiger partial charge is 0.489 e. The van der Waals surface area contributed by atoms with Crippen molar-refractivity contribution < 1.29 is 9.84 Å². The predicted octanol–water partition coefficient (Wildman–Crippen LogP) is 1.55. The lowest BCUT2D eigenvalue weighted by Gasteiger charge is -2.22. The number of aliphatic hydroxyl groups excluding tert-OH is 1. The molecule has 0 radical (unpaired) electrons. The molecule has 0 saturated carbocycles. The minimum Gasteiger partial charge on any atom is -0.489 e. The molecule has 2 unspecified atom stereocenters. The van der Waals surface area contributed by atoms with Crippen molar-refractivity contribution >= 4 is 0 Å². The molecule has 2 heterocycles. The second-order valence-corrected chi connectivity index (χ2v) is 5.20. The van der Waals surface area contributed by atoms with Gasteiger partial charge in [-0.3, -0.25) is 4.98 Å². The van der Waals surface area contributed by atoms with Gasteiger partial charge in [-0.25, -0.2) is 0 Å². The minimum atomic E-state index is -0.394. The van der Waals surface area contributed by atoms with Gasteiger partial charge in [-0.1, -0.05) is 0 Å². The average Bonchev–Trinajstić information content (AvgIpc) is 2.87. The topological polar surface area (TPSA) is 45.6 Å². The van der Waals surface area contributed by atoms with Gasteiger partial charge in [-0.05, 0) is 38.9 Å². The fourth-order valence-electron chi connectivity index (χ4n) is 2.35. The molecule has 0 amide bonds. The number of likely N-dealkylation sites (tertiary alicyclic amines) is 1. The van der Waals surface area contributed by atoms with Crippen LogP contribution in [0.1, 0.15) is 20.3 Å². The average molecular weight is 250 g/mol. The van der Waals surface area contributed by atoms with Crippen LogP contribution >= 0.6 is 0 Å². The summed E-state index contributed by atoms with van der Waals surface area (Å²) in [4.78, 5) is 6.38. The molecule has 1 aliphatic heterocycles. The minimum absolute atomic E-state index is 0.323. The highest BCUT2D eigenvalue weighted by Gasteiger charge is 2.29. The standard InChI is InChI=1S/C14H22N2O2/c1-11(2)16-7-5-12(9-16)14(17)10-18-13-4-3-6-15-8-13/h3-4,6,8,11-12,14,17H,5,7,9-10H2,1-2H3. The normalized spacial score (nSPS) is 22.3. The summed E-state index contributed by atoms with van der Waals surface area (Å²) >= 11 is 0.